The van der Waals surface area contributed by atoms with Crippen molar-refractivity contribution in [2.75, 3.05) is 32.1 Å². The van der Waals surface area contributed by atoms with Gasteiger partial charge >= 0.3 is 0 Å². The highest BCUT2D eigenvalue weighted by Gasteiger charge is 2.10. The molecule has 2 aromatic carbocycles. The molecule has 1 fully saturated rings. The van der Waals surface area contributed by atoms with E-state index in [-0.39, 0.29) is 0 Å². The first kappa shape index (κ1) is 13.2. The minimum absolute atomic E-state index is 1.21. The lowest BCUT2D eigenvalue weighted by Crippen LogP contribution is -2.21. The fourth-order valence-electron chi connectivity index (χ4n) is 2.87. The summed E-state index contributed by atoms with van der Waals surface area (Å²) >= 11 is 0. The number of anilines is 1. The van der Waals surface area contributed by atoms with Crippen LogP contribution in [0.25, 0.3) is 10.8 Å². The van der Waals surface area contributed by atoms with E-state index in [4.69, 9.17) is 0 Å². The van der Waals surface area contributed by atoms with Crippen LogP contribution in [0.5, 0.6) is 0 Å². The summed E-state index contributed by atoms with van der Waals surface area (Å²) in [6.07, 6.45) is 6.36. The minimum Gasteiger partial charge on any atom is -0.378 e. The second-order valence-electron chi connectivity index (χ2n) is 5.91. The van der Waals surface area contributed by atoms with Gasteiger partial charge in [0.25, 0.3) is 0 Å². The zero-order valence-electron chi connectivity index (χ0n) is 12.5. The normalized spacial score (nSPS) is 15.4. The van der Waals surface area contributed by atoms with Gasteiger partial charge in [-0.05, 0) is 41.5 Å². The summed E-state index contributed by atoms with van der Waals surface area (Å²) < 4.78 is 2.46. The van der Waals surface area contributed by atoms with Crippen LogP contribution in [0, 0.1) is 0 Å². The van der Waals surface area contributed by atoms with Gasteiger partial charge in [0.1, 0.15) is 13.1 Å². The maximum absolute atomic E-state index is 2.46. The van der Waals surface area contributed by atoms with Crippen LogP contribution in [0.4, 0.5) is 5.69 Å². The molecule has 0 unspecified atom stereocenters. The molecular weight excluding hydrogens is 244 g/mol. The molecule has 1 heterocycles. The van der Waals surface area contributed by atoms with Crippen LogP contribution in [0.3, 0.4) is 0 Å². The Labute approximate surface area is 121 Å². The molecule has 1 saturated heterocycles. The van der Waals surface area contributed by atoms with E-state index in [9.17, 15) is 0 Å². The quantitative estimate of drug-likeness (QED) is 0.755. The lowest BCUT2D eigenvalue weighted by Gasteiger charge is -2.13. The van der Waals surface area contributed by atoms with Crippen LogP contribution >= 0.6 is 0 Å². The van der Waals surface area contributed by atoms with Crippen molar-refractivity contribution in [1.29, 1.82) is 0 Å². The molecule has 1 aliphatic heterocycles. The van der Waals surface area contributed by atoms with E-state index in [1.165, 1.54) is 54.4 Å². The third kappa shape index (κ3) is 2.84. The first-order valence-electron chi connectivity index (χ1n) is 7.52. The minimum atomic E-state index is 1.21. The molecule has 0 spiro atoms. The molecule has 20 heavy (non-hydrogen) atoms. The zero-order chi connectivity index (χ0) is 13.9. The Bertz CT molecular complexity index is 633. The van der Waals surface area contributed by atoms with E-state index in [0.717, 1.165) is 0 Å². The monoisotopic (exact) mass is 267 g/mol. The maximum Gasteiger partial charge on any atom is 0.170 e. The van der Waals surface area contributed by atoms with Crippen LogP contribution < -0.4 is 4.90 Å². The van der Waals surface area contributed by atoms with Crippen molar-refractivity contribution < 1.29 is 4.58 Å². The van der Waals surface area contributed by atoms with Gasteiger partial charge in [-0.15, -0.1) is 0 Å². The van der Waals surface area contributed by atoms with E-state index in [0.29, 0.717) is 0 Å². The predicted molar refractivity (Wildman–Crippen MR) is 87.3 cm³/mol. The average Bonchev–Trinajstić information content (AvgIpc) is 2.47. The molecular formula is C18H23N2+. The molecule has 0 saturated carbocycles. The van der Waals surface area contributed by atoms with Crippen LogP contribution in [0.15, 0.2) is 36.4 Å². The highest BCUT2D eigenvalue weighted by molar-refractivity contribution is 5.91. The van der Waals surface area contributed by atoms with Gasteiger partial charge in [-0.1, -0.05) is 12.1 Å². The Hall–Kier alpha value is -1.83. The SMILES string of the molecule is CN(C)c1ccc2cc(C=[N+]3CCCCC3)ccc2c1. The topological polar surface area (TPSA) is 6.25 Å². The van der Waals surface area contributed by atoms with Gasteiger partial charge < -0.3 is 4.90 Å². The fourth-order valence-corrected chi connectivity index (χ4v) is 2.87. The van der Waals surface area contributed by atoms with Crippen molar-refractivity contribution in [1.82, 2.24) is 0 Å². The van der Waals surface area contributed by atoms with E-state index >= 15 is 0 Å². The van der Waals surface area contributed by atoms with Crippen LogP contribution in [0.1, 0.15) is 24.8 Å². The van der Waals surface area contributed by atoms with Gasteiger partial charge in [0.15, 0.2) is 6.21 Å². The summed E-state index contributed by atoms with van der Waals surface area (Å²) in [6.45, 7) is 2.41. The summed E-state index contributed by atoms with van der Waals surface area (Å²) in [7, 11) is 4.17. The summed E-state index contributed by atoms with van der Waals surface area (Å²) in [5.74, 6) is 0. The molecule has 0 bridgehead atoms. The van der Waals surface area contributed by atoms with Gasteiger partial charge in [-0.2, -0.15) is 0 Å². The second kappa shape index (κ2) is 5.66. The molecule has 2 aromatic rings. The van der Waals surface area contributed by atoms with Crippen molar-refractivity contribution >= 4 is 22.7 Å². The highest BCUT2D eigenvalue weighted by atomic mass is 15.1. The van der Waals surface area contributed by atoms with Crippen molar-refractivity contribution in [2.24, 2.45) is 0 Å². The number of benzene rings is 2. The molecule has 3 rings (SSSR count). The van der Waals surface area contributed by atoms with Crippen molar-refractivity contribution in [3.63, 3.8) is 0 Å². The smallest absolute Gasteiger partial charge is 0.170 e. The largest absolute Gasteiger partial charge is 0.378 e. The number of hydrogen-bond acceptors (Lipinski definition) is 1. The molecule has 2 nitrogen and oxygen atoms in total. The Morgan fingerprint density at radius 1 is 0.900 bits per heavy atom. The average molecular weight is 267 g/mol. The van der Waals surface area contributed by atoms with Gasteiger partial charge in [0.2, 0.25) is 0 Å². The van der Waals surface area contributed by atoms with E-state index < -0.39 is 0 Å². The highest BCUT2D eigenvalue weighted by Crippen LogP contribution is 2.21. The van der Waals surface area contributed by atoms with Crippen molar-refractivity contribution in [3.8, 4) is 0 Å². The summed E-state index contributed by atoms with van der Waals surface area (Å²) in [5.41, 5.74) is 2.57. The van der Waals surface area contributed by atoms with Crippen molar-refractivity contribution in [3.05, 3.63) is 42.0 Å². The van der Waals surface area contributed by atoms with Gasteiger partial charge in [-0.3, -0.25) is 0 Å². The molecule has 0 N–H and O–H groups in total. The van der Waals surface area contributed by atoms with Gasteiger partial charge in [-0.25, -0.2) is 4.58 Å². The number of rotatable bonds is 2. The summed E-state index contributed by atoms with van der Waals surface area (Å²) in [4.78, 5) is 2.15. The first-order valence-corrected chi connectivity index (χ1v) is 7.52. The van der Waals surface area contributed by atoms with Gasteiger partial charge in [0, 0.05) is 38.2 Å². The zero-order valence-corrected chi connectivity index (χ0v) is 12.5. The van der Waals surface area contributed by atoms with Crippen LogP contribution in [0.2, 0.25) is 0 Å². The Balaban J connectivity index is 1.92. The van der Waals surface area contributed by atoms with Crippen molar-refractivity contribution in [2.45, 2.75) is 19.3 Å². The standard InChI is InChI=1S/C18H23N2/c1-19(2)18-9-8-16-12-15(6-7-17(16)13-18)14-20-10-4-3-5-11-20/h6-9,12-14H,3-5,10-11H2,1-2H3/q+1. The Morgan fingerprint density at radius 2 is 1.60 bits per heavy atom. The molecule has 2 heteroatoms. The third-order valence-electron chi connectivity index (χ3n) is 4.09. The second-order valence-corrected chi connectivity index (χ2v) is 5.91. The molecule has 0 aliphatic carbocycles. The molecule has 104 valence electrons. The summed E-state index contributed by atoms with van der Waals surface area (Å²) in [5, 5.41) is 2.63. The van der Waals surface area contributed by atoms with Crippen LogP contribution in [-0.2, 0) is 0 Å². The lowest BCUT2D eigenvalue weighted by molar-refractivity contribution is -0.532. The van der Waals surface area contributed by atoms with Crippen LogP contribution in [-0.4, -0.2) is 38.0 Å². The maximum atomic E-state index is 2.46. The molecule has 1 aliphatic rings. The van der Waals surface area contributed by atoms with Gasteiger partial charge in [0.05, 0.1) is 0 Å². The Kier molecular flexibility index (Phi) is 3.72. The molecule has 0 radical (unpaired) electrons. The van der Waals surface area contributed by atoms with E-state index in [2.05, 4.69) is 66.2 Å². The predicted octanol–water partition coefficient (Wildman–Crippen LogP) is 3.52. The number of hydrogen-bond donors (Lipinski definition) is 0. The molecule has 0 aromatic heterocycles. The molecule has 0 amide bonds. The number of fused-ring (bicyclic) bond motifs is 1. The first-order chi connectivity index (χ1) is 9.72. The number of nitrogens with zero attached hydrogens (tertiary/aromatic N) is 2. The Morgan fingerprint density at radius 3 is 2.35 bits per heavy atom. The molecule has 0 atom stereocenters. The third-order valence-corrected chi connectivity index (χ3v) is 4.09. The fraction of sp³-hybridized carbons (Fsp3) is 0.389. The summed E-state index contributed by atoms with van der Waals surface area (Å²) in [6, 6.07) is 13.4. The van der Waals surface area contributed by atoms with E-state index in [1.807, 2.05) is 0 Å². The lowest BCUT2D eigenvalue weighted by atomic mass is 10.1. The number of piperidine rings is 1. The van der Waals surface area contributed by atoms with E-state index in [1.54, 1.807) is 0 Å².